The van der Waals surface area contributed by atoms with Crippen LogP contribution in [-0.4, -0.2) is 34.8 Å². The zero-order valence-corrected chi connectivity index (χ0v) is 23.3. The van der Waals surface area contributed by atoms with Gasteiger partial charge in [0.25, 0.3) is 0 Å². The molecule has 1 aliphatic carbocycles. The second-order valence-electron chi connectivity index (χ2n) is 9.09. The Hall–Kier alpha value is -4.42. The fourth-order valence-corrected chi connectivity index (χ4v) is 6.54. The SMILES string of the molecule is COc1ccccc1C1C(C#N)=C(N)N(c2nnc(SCC(=O)Nc3c(F)c(F)cc(F)c3F)s2)C2=C1C(=O)CCC2. The first-order chi connectivity index (χ1) is 20.2. The normalized spacial score (nSPS) is 16.8. The number of Topliss-reactive ketones (excluding diaryl/α,β-unsaturated/α-hetero) is 1. The van der Waals surface area contributed by atoms with Crippen LogP contribution in [0.5, 0.6) is 5.75 Å². The predicted molar refractivity (Wildman–Crippen MR) is 146 cm³/mol. The Bertz CT molecular complexity index is 1690. The number of amides is 1. The molecule has 3 N–H and O–H groups in total. The molecule has 15 heteroatoms. The van der Waals surface area contributed by atoms with Crippen molar-refractivity contribution in [3.63, 3.8) is 0 Å². The number of thioether (sulfide) groups is 1. The maximum atomic E-state index is 13.9. The van der Waals surface area contributed by atoms with Crippen LogP contribution in [0, 0.1) is 34.6 Å². The number of halogens is 4. The summed E-state index contributed by atoms with van der Waals surface area (Å²) in [5.41, 5.74) is 7.03. The van der Waals surface area contributed by atoms with E-state index in [9.17, 15) is 32.4 Å². The van der Waals surface area contributed by atoms with E-state index >= 15 is 0 Å². The van der Waals surface area contributed by atoms with Gasteiger partial charge in [-0.3, -0.25) is 14.5 Å². The monoisotopic (exact) mass is 616 g/mol. The Morgan fingerprint density at radius 2 is 1.93 bits per heavy atom. The zero-order valence-electron chi connectivity index (χ0n) is 21.7. The van der Waals surface area contributed by atoms with Crippen molar-refractivity contribution in [2.75, 3.05) is 23.1 Å². The van der Waals surface area contributed by atoms with Crippen LogP contribution in [0.1, 0.15) is 30.7 Å². The van der Waals surface area contributed by atoms with Crippen molar-refractivity contribution in [2.24, 2.45) is 5.73 Å². The lowest BCUT2D eigenvalue weighted by Crippen LogP contribution is -2.38. The number of benzene rings is 2. The number of allylic oxidation sites excluding steroid dienone is 3. The highest BCUT2D eigenvalue weighted by Gasteiger charge is 2.42. The Labute approximate surface area is 244 Å². The van der Waals surface area contributed by atoms with E-state index in [1.54, 1.807) is 24.3 Å². The number of anilines is 2. The average Bonchev–Trinajstić information content (AvgIpc) is 3.45. The molecule has 1 unspecified atom stereocenters. The molecule has 2 heterocycles. The first-order valence-corrected chi connectivity index (χ1v) is 14.1. The lowest BCUT2D eigenvalue weighted by atomic mass is 9.75. The number of rotatable bonds is 7. The number of carbonyl (C=O) groups excluding carboxylic acids is 2. The van der Waals surface area contributed by atoms with Crippen LogP contribution in [0.15, 0.2) is 57.3 Å². The third kappa shape index (κ3) is 5.19. The minimum atomic E-state index is -1.73. The Kier molecular flexibility index (Phi) is 8.19. The summed E-state index contributed by atoms with van der Waals surface area (Å²) in [6.45, 7) is 0. The fourth-order valence-electron chi connectivity index (χ4n) is 4.86. The van der Waals surface area contributed by atoms with Gasteiger partial charge >= 0.3 is 0 Å². The van der Waals surface area contributed by atoms with Crippen molar-refractivity contribution in [2.45, 2.75) is 29.5 Å². The molecular formula is C27H20F4N6O3S2. The number of hydrogen-bond donors (Lipinski definition) is 2. The van der Waals surface area contributed by atoms with E-state index in [4.69, 9.17) is 10.5 Å². The Morgan fingerprint density at radius 1 is 1.21 bits per heavy atom. The van der Waals surface area contributed by atoms with E-state index in [2.05, 4.69) is 16.3 Å². The molecule has 9 nitrogen and oxygen atoms in total. The topological polar surface area (TPSA) is 134 Å². The maximum absolute atomic E-state index is 13.9. The minimum absolute atomic E-state index is 0.0373. The molecule has 5 rings (SSSR count). The third-order valence-corrected chi connectivity index (χ3v) is 8.70. The Morgan fingerprint density at radius 3 is 2.62 bits per heavy atom. The largest absolute Gasteiger partial charge is 0.496 e. The first kappa shape index (κ1) is 29.1. The van der Waals surface area contributed by atoms with Crippen LogP contribution in [0.3, 0.4) is 0 Å². The molecule has 2 aliphatic rings. The number of para-hydroxylation sites is 1. The highest BCUT2D eigenvalue weighted by molar-refractivity contribution is 8.01. The highest BCUT2D eigenvalue weighted by atomic mass is 32.2. The van der Waals surface area contributed by atoms with Gasteiger partial charge in [0, 0.05) is 29.3 Å². The number of hydrogen-bond acceptors (Lipinski definition) is 10. The number of methoxy groups -OCH3 is 1. The summed E-state index contributed by atoms with van der Waals surface area (Å²) < 4.78 is 60.5. The number of ether oxygens (including phenoxy) is 1. The molecule has 0 spiro atoms. The summed E-state index contributed by atoms with van der Waals surface area (Å²) in [7, 11) is 1.50. The van der Waals surface area contributed by atoms with E-state index in [0.29, 0.717) is 41.8 Å². The van der Waals surface area contributed by atoms with E-state index in [-0.39, 0.29) is 32.7 Å². The molecule has 1 atom stereocenters. The molecule has 1 aromatic heterocycles. The van der Waals surface area contributed by atoms with Gasteiger partial charge in [0.1, 0.15) is 17.3 Å². The first-order valence-electron chi connectivity index (χ1n) is 12.3. The van der Waals surface area contributed by atoms with Gasteiger partial charge < -0.3 is 15.8 Å². The number of nitrogens with zero attached hydrogens (tertiary/aromatic N) is 4. The van der Waals surface area contributed by atoms with Crippen molar-refractivity contribution in [1.29, 1.82) is 5.26 Å². The predicted octanol–water partition coefficient (Wildman–Crippen LogP) is 5.14. The van der Waals surface area contributed by atoms with Crippen LogP contribution in [0.4, 0.5) is 28.4 Å². The van der Waals surface area contributed by atoms with Crippen molar-refractivity contribution < 1.29 is 31.9 Å². The van der Waals surface area contributed by atoms with Gasteiger partial charge in [0.15, 0.2) is 33.4 Å². The van der Waals surface area contributed by atoms with Crippen molar-refractivity contribution >= 4 is 45.6 Å². The molecule has 0 fully saturated rings. The number of nitrogens with two attached hydrogens (primary N) is 1. The molecule has 0 saturated heterocycles. The summed E-state index contributed by atoms with van der Waals surface area (Å²) in [5, 5.41) is 20.4. The second kappa shape index (κ2) is 11.8. The van der Waals surface area contributed by atoms with Gasteiger partial charge in [-0.2, -0.15) is 5.26 Å². The van der Waals surface area contributed by atoms with Gasteiger partial charge in [-0.25, -0.2) is 17.6 Å². The summed E-state index contributed by atoms with van der Waals surface area (Å²) in [6.07, 6.45) is 1.31. The molecular weight excluding hydrogens is 596 g/mol. The van der Waals surface area contributed by atoms with Crippen LogP contribution in [0.2, 0.25) is 0 Å². The standard InChI is InChI=1S/C27H20F4N6O3S2/c1-40-18-8-3-2-5-12(18)20-13(10-32)25(33)37(16-6-4-7-17(38)21(16)20)26-35-36-27(42-26)41-11-19(39)34-24-22(30)14(28)9-15(29)23(24)31/h2-3,5,8-9,20H,4,6-7,11,33H2,1H3,(H,34,39). The number of ketones is 1. The number of aromatic nitrogens is 2. The molecule has 42 heavy (non-hydrogen) atoms. The van der Waals surface area contributed by atoms with Crippen LogP contribution in [-0.2, 0) is 9.59 Å². The number of nitriles is 1. The Balaban J connectivity index is 1.43. The smallest absolute Gasteiger partial charge is 0.234 e. The number of carbonyl (C=O) groups is 2. The van der Waals surface area contributed by atoms with E-state index in [1.807, 2.05) is 5.32 Å². The summed E-state index contributed by atoms with van der Waals surface area (Å²) in [6, 6.07) is 9.25. The molecule has 0 saturated carbocycles. The summed E-state index contributed by atoms with van der Waals surface area (Å²) in [4.78, 5) is 27.1. The van der Waals surface area contributed by atoms with Crippen LogP contribution < -0.4 is 20.7 Å². The molecule has 0 bridgehead atoms. The lowest BCUT2D eigenvalue weighted by molar-refractivity contribution is -0.116. The van der Waals surface area contributed by atoms with Crippen molar-refractivity contribution in [3.8, 4) is 11.8 Å². The zero-order chi connectivity index (χ0) is 30.1. The molecule has 0 radical (unpaired) electrons. The van der Waals surface area contributed by atoms with Crippen molar-refractivity contribution in [1.82, 2.24) is 10.2 Å². The van der Waals surface area contributed by atoms with Crippen LogP contribution in [0.25, 0.3) is 0 Å². The van der Waals surface area contributed by atoms with Gasteiger partial charge in [0.2, 0.25) is 11.0 Å². The fraction of sp³-hybridized carbons (Fsp3) is 0.222. The van der Waals surface area contributed by atoms with Gasteiger partial charge in [0.05, 0.1) is 30.4 Å². The van der Waals surface area contributed by atoms with Crippen LogP contribution >= 0.6 is 23.1 Å². The third-order valence-electron chi connectivity index (χ3n) is 6.65. The summed E-state index contributed by atoms with van der Waals surface area (Å²) >= 11 is 1.85. The van der Waals surface area contributed by atoms with E-state index < -0.39 is 46.5 Å². The van der Waals surface area contributed by atoms with Crippen molar-refractivity contribution in [3.05, 3.63) is 81.8 Å². The molecule has 1 aliphatic heterocycles. The highest BCUT2D eigenvalue weighted by Crippen LogP contribution is 2.48. The number of nitrogens with one attached hydrogen (secondary N) is 1. The maximum Gasteiger partial charge on any atom is 0.234 e. The second-order valence-corrected chi connectivity index (χ2v) is 11.3. The average molecular weight is 617 g/mol. The van der Waals surface area contributed by atoms with E-state index in [0.717, 1.165) is 23.1 Å². The van der Waals surface area contributed by atoms with E-state index in [1.165, 1.54) is 12.0 Å². The molecule has 2 aromatic carbocycles. The van der Waals surface area contributed by atoms with Gasteiger partial charge in [-0.1, -0.05) is 41.3 Å². The quantitative estimate of drug-likeness (QED) is 0.210. The van der Waals surface area contributed by atoms with Gasteiger partial charge in [-0.15, -0.1) is 10.2 Å². The minimum Gasteiger partial charge on any atom is -0.496 e. The summed E-state index contributed by atoms with van der Waals surface area (Å²) in [5.74, 6) is -8.48. The molecule has 216 valence electrons. The van der Waals surface area contributed by atoms with Gasteiger partial charge in [-0.05, 0) is 18.9 Å². The lowest BCUT2D eigenvalue weighted by Gasteiger charge is -2.38. The molecule has 1 amide bonds. The molecule has 3 aromatic rings.